The van der Waals surface area contributed by atoms with Crippen molar-refractivity contribution >= 4 is 35.2 Å². The second kappa shape index (κ2) is 6.54. The zero-order valence-electron chi connectivity index (χ0n) is 11.5. The van der Waals surface area contributed by atoms with E-state index in [2.05, 4.69) is 5.32 Å². The molecule has 0 saturated heterocycles. The number of benzene rings is 1. The molecule has 114 valence electrons. The number of rotatable bonds is 5. The molecular weight excluding hydrogens is 315 g/mol. The minimum Gasteiger partial charge on any atom is -0.480 e. The van der Waals surface area contributed by atoms with Crippen LogP contribution < -0.4 is 5.32 Å². The second-order valence-electron chi connectivity index (χ2n) is 5.09. The molecule has 1 aromatic carbocycles. The number of nitrogens with zero attached hydrogens (tertiary/aromatic N) is 1. The Balaban J connectivity index is 2.04. The van der Waals surface area contributed by atoms with Gasteiger partial charge in [0, 0.05) is 16.1 Å². The highest BCUT2D eigenvalue weighted by molar-refractivity contribution is 6.35. The van der Waals surface area contributed by atoms with E-state index in [1.54, 1.807) is 25.1 Å². The molecule has 0 bridgehead atoms. The van der Waals surface area contributed by atoms with Gasteiger partial charge in [-0.25, -0.2) is 4.79 Å². The minimum atomic E-state index is -1.02. The Morgan fingerprint density at radius 1 is 1.43 bits per heavy atom. The number of carbonyl (C=O) groups is 2. The number of carboxylic acids is 1. The van der Waals surface area contributed by atoms with Gasteiger partial charge in [-0.3, -0.25) is 4.79 Å². The van der Waals surface area contributed by atoms with E-state index in [9.17, 15) is 9.59 Å². The Kier molecular flexibility index (Phi) is 4.96. The first-order valence-corrected chi connectivity index (χ1v) is 7.38. The fraction of sp³-hybridized carbons (Fsp3) is 0.429. The van der Waals surface area contributed by atoms with E-state index >= 15 is 0 Å². The average molecular weight is 331 g/mol. The van der Waals surface area contributed by atoms with Crippen LogP contribution in [0.15, 0.2) is 18.2 Å². The van der Waals surface area contributed by atoms with Crippen molar-refractivity contribution in [2.24, 2.45) is 0 Å². The molecule has 1 aliphatic carbocycles. The number of amides is 2. The molecule has 0 aromatic heterocycles. The third-order valence-corrected chi connectivity index (χ3v) is 3.89. The number of urea groups is 1. The molecule has 5 nitrogen and oxygen atoms in total. The molecule has 1 aromatic rings. The molecule has 0 heterocycles. The van der Waals surface area contributed by atoms with E-state index in [1.165, 1.54) is 4.90 Å². The molecule has 0 aliphatic heterocycles. The predicted molar refractivity (Wildman–Crippen MR) is 80.8 cm³/mol. The topological polar surface area (TPSA) is 69.6 Å². The van der Waals surface area contributed by atoms with E-state index in [0.717, 1.165) is 18.4 Å². The van der Waals surface area contributed by atoms with Gasteiger partial charge in [0.1, 0.15) is 6.54 Å². The Hall–Kier alpha value is -1.46. The van der Waals surface area contributed by atoms with E-state index in [1.807, 2.05) is 0 Å². The van der Waals surface area contributed by atoms with Crippen LogP contribution >= 0.6 is 23.2 Å². The Labute approximate surface area is 132 Å². The second-order valence-corrected chi connectivity index (χ2v) is 5.93. The van der Waals surface area contributed by atoms with Crippen LogP contribution in [0, 0.1) is 0 Å². The van der Waals surface area contributed by atoms with Crippen LogP contribution in [-0.4, -0.2) is 34.6 Å². The Morgan fingerprint density at radius 3 is 2.62 bits per heavy atom. The lowest BCUT2D eigenvalue weighted by Crippen LogP contribution is -2.44. The van der Waals surface area contributed by atoms with Crippen molar-refractivity contribution in [3.8, 4) is 0 Å². The molecular formula is C14H16Cl2N2O3. The van der Waals surface area contributed by atoms with Crippen LogP contribution in [0.25, 0.3) is 0 Å². The fourth-order valence-electron chi connectivity index (χ4n) is 2.10. The van der Waals surface area contributed by atoms with E-state index < -0.39 is 12.0 Å². The summed E-state index contributed by atoms with van der Waals surface area (Å²) in [5, 5.41) is 12.6. The van der Waals surface area contributed by atoms with Crippen LogP contribution in [0.4, 0.5) is 4.79 Å². The first-order valence-electron chi connectivity index (χ1n) is 6.62. The van der Waals surface area contributed by atoms with E-state index in [0.29, 0.717) is 10.0 Å². The molecule has 1 saturated carbocycles. The quantitative estimate of drug-likeness (QED) is 0.870. The molecule has 1 unspecified atom stereocenters. The van der Waals surface area contributed by atoms with Gasteiger partial charge in [-0.1, -0.05) is 29.3 Å². The van der Waals surface area contributed by atoms with Gasteiger partial charge in [0.25, 0.3) is 0 Å². The summed E-state index contributed by atoms with van der Waals surface area (Å²) < 4.78 is 0. The number of aliphatic carboxylic acids is 1. The Morgan fingerprint density at radius 2 is 2.10 bits per heavy atom. The minimum absolute atomic E-state index is 0.0222. The van der Waals surface area contributed by atoms with Crippen LogP contribution in [0.2, 0.25) is 10.0 Å². The average Bonchev–Trinajstić information content (AvgIpc) is 3.19. The number of halogens is 2. The summed E-state index contributed by atoms with van der Waals surface area (Å²) in [7, 11) is 0. The lowest BCUT2D eigenvalue weighted by Gasteiger charge is -2.24. The zero-order chi connectivity index (χ0) is 15.6. The van der Waals surface area contributed by atoms with Crippen LogP contribution in [0.1, 0.15) is 31.4 Å². The SMILES string of the molecule is CC(NC(=O)N(CC(=O)O)C1CC1)c1ccc(Cl)cc1Cl. The number of carbonyl (C=O) groups excluding carboxylic acids is 1. The van der Waals surface area contributed by atoms with Crippen molar-refractivity contribution in [3.05, 3.63) is 33.8 Å². The lowest BCUT2D eigenvalue weighted by molar-refractivity contribution is -0.137. The van der Waals surface area contributed by atoms with Gasteiger partial charge >= 0.3 is 12.0 Å². The normalized spacial score (nSPS) is 15.4. The number of nitrogens with one attached hydrogen (secondary N) is 1. The molecule has 1 aliphatic rings. The summed E-state index contributed by atoms with van der Waals surface area (Å²) >= 11 is 11.9. The lowest BCUT2D eigenvalue weighted by atomic mass is 10.1. The number of hydrogen-bond acceptors (Lipinski definition) is 2. The van der Waals surface area contributed by atoms with Gasteiger partial charge in [0.05, 0.1) is 6.04 Å². The largest absolute Gasteiger partial charge is 0.480 e. The van der Waals surface area contributed by atoms with Crippen LogP contribution in [-0.2, 0) is 4.79 Å². The first kappa shape index (κ1) is 15.9. The summed E-state index contributed by atoms with van der Waals surface area (Å²) in [6.07, 6.45) is 1.69. The molecule has 0 spiro atoms. The molecule has 2 N–H and O–H groups in total. The van der Waals surface area contributed by atoms with Crippen molar-refractivity contribution in [1.29, 1.82) is 0 Å². The molecule has 0 radical (unpaired) electrons. The monoisotopic (exact) mass is 330 g/mol. The molecule has 21 heavy (non-hydrogen) atoms. The molecule has 2 amide bonds. The maximum Gasteiger partial charge on any atom is 0.323 e. The summed E-state index contributed by atoms with van der Waals surface area (Å²) in [5.74, 6) is -1.02. The van der Waals surface area contributed by atoms with Crippen LogP contribution in [0.5, 0.6) is 0 Å². The van der Waals surface area contributed by atoms with Crippen molar-refractivity contribution in [1.82, 2.24) is 10.2 Å². The maximum absolute atomic E-state index is 12.2. The highest BCUT2D eigenvalue weighted by Gasteiger charge is 2.34. The zero-order valence-corrected chi connectivity index (χ0v) is 13.0. The highest BCUT2D eigenvalue weighted by atomic mass is 35.5. The summed E-state index contributed by atoms with van der Waals surface area (Å²) in [6, 6.07) is 4.34. The molecule has 7 heteroatoms. The van der Waals surface area contributed by atoms with Gasteiger partial charge in [0.2, 0.25) is 0 Å². The highest BCUT2D eigenvalue weighted by Crippen LogP contribution is 2.29. The summed E-state index contributed by atoms with van der Waals surface area (Å²) in [4.78, 5) is 24.4. The summed E-state index contributed by atoms with van der Waals surface area (Å²) in [6.45, 7) is 1.50. The standard InChI is InChI=1S/C14H16Cl2N2O3/c1-8(11-5-2-9(15)6-12(11)16)17-14(21)18(7-13(19)20)10-3-4-10/h2,5-6,8,10H,3-4,7H2,1H3,(H,17,21)(H,19,20). The van der Waals surface area contributed by atoms with Gasteiger partial charge < -0.3 is 15.3 Å². The van der Waals surface area contributed by atoms with Gasteiger partial charge in [-0.2, -0.15) is 0 Å². The predicted octanol–water partition coefficient (Wildman–Crippen LogP) is 3.31. The number of hydrogen-bond donors (Lipinski definition) is 2. The Bertz CT molecular complexity index is 561. The first-order chi connectivity index (χ1) is 9.88. The third kappa shape index (κ3) is 4.25. The van der Waals surface area contributed by atoms with E-state index in [-0.39, 0.29) is 18.6 Å². The van der Waals surface area contributed by atoms with Gasteiger partial charge in [-0.05, 0) is 37.5 Å². The van der Waals surface area contributed by atoms with Crippen molar-refractivity contribution < 1.29 is 14.7 Å². The molecule has 2 rings (SSSR count). The van der Waals surface area contributed by atoms with Crippen LogP contribution in [0.3, 0.4) is 0 Å². The van der Waals surface area contributed by atoms with Crippen molar-refractivity contribution in [2.45, 2.75) is 31.8 Å². The van der Waals surface area contributed by atoms with Gasteiger partial charge in [0.15, 0.2) is 0 Å². The smallest absolute Gasteiger partial charge is 0.323 e. The van der Waals surface area contributed by atoms with Crippen molar-refractivity contribution in [2.75, 3.05) is 6.54 Å². The molecule has 1 fully saturated rings. The van der Waals surface area contributed by atoms with Gasteiger partial charge in [-0.15, -0.1) is 0 Å². The van der Waals surface area contributed by atoms with Crippen molar-refractivity contribution in [3.63, 3.8) is 0 Å². The summed E-state index contributed by atoms with van der Waals surface area (Å²) in [5.41, 5.74) is 0.737. The molecule has 1 atom stereocenters. The van der Waals surface area contributed by atoms with E-state index in [4.69, 9.17) is 28.3 Å². The third-order valence-electron chi connectivity index (χ3n) is 3.32. The fourth-order valence-corrected chi connectivity index (χ4v) is 2.67. The maximum atomic E-state index is 12.2. The number of carboxylic acid groups (broad SMARTS) is 1.